The molecule has 1 aromatic carbocycles. The molecule has 0 atom stereocenters. The van der Waals surface area contributed by atoms with Crippen molar-refractivity contribution in [3.8, 4) is 22.9 Å². The van der Waals surface area contributed by atoms with E-state index in [2.05, 4.69) is 23.0 Å². The maximum atomic E-state index is 6.34. The second kappa shape index (κ2) is 16.0. The Bertz CT molecular complexity index is 870. The van der Waals surface area contributed by atoms with Gasteiger partial charge in [0.1, 0.15) is 5.75 Å². The normalized spacial score (nSPS) is 20.2. The van der Waals surface area contributed by atoms with Crippen LogP contribution in [0.4, 0.5) is 0 Å². The van der Waals surface area contributed by atoms with Crippen molar-refractivity contribution in [2.75, 3.05) is 13.2 Å². The number of para-hydroxylation sites is 1. The highest BCUT2D eigenvalue weighted by Crippen LogP contribution is 2.34. The van der Waals surface area contributed by atoms with Gasteiger partial charge in [0.2, 0.25) is 0 Å². The summed E-state index contributed by atoms with van der Waals surface area (Å²) >= 11 is 0. The standard InChI is InChI=1S/C33H50N2O2/c1-2-3-4-6-14-28-19-21-29(22-20-28)26-37-32-18-11-10-17-31(32)33-34-24-30(25-35-33)36-23-12-5-7-13-27-15-8-9-16-27/h10-11,17-18,24-25,27-29H,2-9,12-16,19-23,26H2,1H3/t28-,29-. The molecule has 204 valence electrons. The van der Waals surface area contributed by atoms with E-state index in [0.29, 0.717) is 11.7 Å². The van der Waals surface area contributed by atoms with E-state index >= 15 is 0 Å². The molecule has 2 aliphatic carbocycles. The molecule has 0 saturated heterocycles. The maximum Gasteiger partial charge on any atom is 0.163 e. The monoisotopic (exact) mass is 506 g/mol. The molecule has 2 saturated carbocycles. The van der Waals surface area contributed by atoms with Crippen LogP contribution in [0.5, 0.6) is 11.5 Å². The predicted octanol–water partition coefficient (Wildman–Crippen LogP) is 9.43. The third kappa shape index (κ3) is 9.61. The van der Waals surface area contributed by atoms with E-state index in [-0.39, 0.29) is 0 Å². The number of nitrogens with zero attached hydrogens (tertiary/aromatic N) is 2. The predicted molar refractivity (Wildman–Crippen MR) is 153 cm³/mol. The van der Waals surface area contributed by atoms with Gasteiger partial charge in [-0.1, -0.05) is 109 Å². The van der Waals surface area contributed by atoms with Crippen molar-refractivity contribution >= 4 is 0 Å². The Hall–Kier alpha value is -2.10. The van der Waals surface area contributed by atoms with Crippen LogP contribution in [0.1, 0.15) is 116 Å². The fourth-order valence-electron chi connectivity index (χ4n) is 6.26. The summed E-state index contributed by atoms with van der Waals surface area (Å²) in [7, 11) is 0. The van der Waals surface area contributed by atoms with Crippen LogP contribution < -0.4 is 9.47 Å². The van der Waals surface area contributed by atoms with Crippen LogP contribution in [0.3, 0.4) is 0 Å². The Labute approximate surface area is 226 Å². The number of rotatable bonds is 16. The topological polar surface area (TPSA) is 44.2 Å². The zero-order valence-electron chi connectivity index (χ0n) is 23.3. The summed E-state index contributed by atoms with van der Waals surface area (Å²) in [6.07, 6.45) is 26.8. The lowest BCUT2D eigenvalue weighted by Crippen LogP contribution is -2.20. The largest absolute Gasteiger partial charge is 0.493 e. The molecule has 0 radical (unpaired) electrons. The molecule has 37 heavy (non-hydrogen) atoms. The van der Waals surface area contributed by atoms with E-state index < -0.39 is 0 Å². The summed E-state index contributed by atoms with van der Waals surface area (Å²) in [6, 6.07) is 8.18. The van der Waals surface area contributed by atoms with Gasteiger partial charge in [-0.25, -0.2) is 9.97 Å². The van der Waals surface area contributed by atoms with Gasteiger partial charge in [-0.2, -0.15) is 0 Å². The van der Waals surface area contributed by atoms with Gasteiger partial charge in [-0.15, -0.1) is 0 Å². The fraction of sp³-hybridized carbons (Fsp3) is 0.697. The third-order valence-corrected chi connectivity index (χ3v) is 8.66. The lowest BCUT2D eigenvalue weighted by molar-refractivity contribution is 0.178. The minimum Gasteiger partial charge on any atom is -0.493 e. The molecule has 0 aliphatic heterocycles. The van der Waals surface area contributed by atoms with Gasteiger partial charge in [0, 0.05) is 0 Å². The van der Waals surface area contributed by atoms with Crippen molar-refractivity contribution < 1.29 is 9.47 Å². The van der Waals surface area contributed by atoms with Crippen LogP contribution in [-0.4, -0.2) is 23.2 Å². The smallest absolute Gasteiger partial charge is 0.163 e. The molecule has 2 aromatic rings. The average Bonchev–Trinajstić information content (AvgIpc) is 3.47. The first-order chi connectivity index (χ1) is 18.3. The van der Waals surface area contributed by atoms with Crippen LogP contribution in [0.25, 0.3) is 11.4 Å². The fourth-order valence-corrected chi connectivity index (χ4v) is 6.26. The molecule has 4 nitrogen and oxygen atoms in total. The van der Waals surface area contributed by atoms with E-state index in [0.717, 1.165) is 48.5 Å². The summed E-state index contributed by atoms with van der Waals surface area (Å²) in [4.78, 5) is 9.21. The molecule has 0 bridgehead atoms. The lowest BCUT2D eigenvalue weighted by atomic mass is 9.80. The van der Waals surface area contributed by atoms with Crippen LogP contribution >= 0.6 is 0 Å². The molecule has 0 spiro atoms. The lowest BCUT2D eigenvalue weighted by Gasteiger charge is -2.28. The molecule has 4 rings (SSSR count). The Balaban J connectivity index is 1.16. The van der Waals surface area contributed by atoms with Gasteiger partial charge in [-0.05, 0) is 49.1 Å². The van der Waals surface area contributed by atoms with Gasteiger partial charge < -0.3 is 9.47 Å². The molecule has 2 aliphatic rings. The van der Waals surface area contributed by atoms with Crippen molar-refractivity contribution in [3.63, 3.8) is 0 Å². The zero-order valence-corrected chi connectivity index (χ0v) is 23.3. The Morgan fingerprint density at radius 2 is 1.35 bits per heavy atom. The summed E-state index contributed by atoms with van der Waals surface area (Å²) < 4.78 is 12.3. The van der Waals surface area contributed by atoms with Gasteiger partial charge in [-0.3, -0.25) is 0 Å². The molecular formula is C33H50N2O2. The highest BCUT2D eigenvalue weighted by molar-refractivity contribution is 5.63. The highest BCUT2D eigenvalue weighted by Gasteiger charge is 2.22. The summed E-state index contributed by atoms with van der Waals surface area (Å²) in [5.74, 6) is 4.94. The summed E-state index contributed by atoms with van der Waals surface area (Å²) in [6.45, 7) is 3.83. The number of hydrogen-bond donors (Lipinski definition) is 0. The Kier molecular flexibility index (Phi) is 12.1. The molecule has 0 unspecified atom stereocenters. The van der Waals surface area contributed by atoms with Crippen LogP contribution in [0.2, 0.25) is 0 Å². The second-order valence-electron chi connectivity index (χ2n) is 11.6. The molecule has 0 N–H and O–H groups in total. The first-order valence-corrected chi connectivity index (χ1v) is 15.5. The van der Waals surface area contributed by atoms with Crippen molar-refractivity contribution in [2.24, 2.45) is 17.8 Å². The molecule has 4 heteroatoms. The van der Waals surface area contributed by atoms with E-state index in [4.69, 9.17) is 9.47 Å². The number of ether oxygens (including phenoxy) is 2. The van der Waals surface area contributed by atoms with E-state index in [1.165, 1.54) is 103 Å². The van der Waals surface area contributed by atoms with Crippen molar-refractivity contribution in [2.45, 2.75) is 116 Å². The van der Waals surface area contributed by atoms with Gasteiger partial charge in [0.15, 0.2) is 11.6 Å². The van der Waals surface area contributed by atoms with Crippen LogP contribution in [-0.2, 0) is 0 Å². The summed E-state index contributed by atoms with van der Waals surface area (Å²) in [5.41, 5.74) is 0.963. The SMILES string of the molecule is CCCCCC[C@H]1CC[C@H](COc2ccccc2-c2ncc(OCCCCCC3CCCC3)cn2)CC1. The average molecular weight is 507 g/mol. The number of unbranched alkanes of at least 4 members (excludes halogenated alkanes) is 5. The minimum atomic E-state index is 0.662. The first kappa shape index (κ1) is 27.9. The maximum absolute atomic E-state index is 6.34. The number of aromatic nitrogens is 2. The third-order valence-electron chi connectivity index (χ3n) is 8.66. The molecular weight excluding hydrogens is 456 g/mol. The van der Waals surface area contributed by atoms with Gasteiger partial charge in [0.25, 0.3) is 0 Å². The van der Waals surface area contributed by atoms with Gasteiger partial charge in [0.05, 0.1) is 31.2 Å². The second-order valence-corrected chi connectivity index (χ2v) is 11.6. The number of hydrogen-bond acceptors (Lipinski definition) is 4. The van der Waals surface area contributed by atoms with Crippen molar-refractivity contribution in [3.05, 3.63) is 36.7 Å². The minimum absolute atomic E-state index is 0.662. The van der Waals surface area contributed by atoms with E-state index in [9.17, 15) is 0 Å². The quantitative estimate of drug-likeness (QED) is 0.213. The molecule has 1 heterocycles. The first-order valence-electron chi connectivity index (χ1n) is 15.5. The molecule has 2 fully saturated rings. The highest BCUT2D eigenvalue weighted by atomic mass is 16.5. The van der Waals surface area contributed by atoms with Crippen LogP contribution in [0.15, 0.2) is 36.7 Å². The van der Waals surface area contributed by atoms with Crippen molar-refractivity contribution in [1.82, 2.24) is 9.97 Å². The van der Waals surface area contributed by atoms with Crippen molar-refractivity contribution in [1.29, 1.82) is 0 Å². The van der Waals surface area contributed by atoms with E-state index in [1.807, 2.05) is 18.2 Å². The van der Waals surface area contributed by atoms with Crippen LogP contribution in [0, 0.1) is 17.8 Å². The zero-order chi connectivity index (χ0) is 25.5. The van der Waals surface area contributed by atoms with E-state index in [1.54, 1.807) is 12.4 Å². The molecule has 1 aromatic heterocycles. The van der Waals surface area contributed by atoms with Gasteiger partial charge >= 0.3 is 0 Å². The Morgan fingerprint density at radius 1 is 0.703 bits per heavy atom. The Morgan fingerprint density at radius 3 is 2.08 bits per heavy atom. The molecule has 0 amide bonds. The summed E-state index contributed by atoms with van der Waals surface area (Å²) in [5, 5.41) is 0. The number of benzene rings is 1.